The van der Waals surface area contributed by atoms with Crippen molar-refractivity contribution in [2.75, 3.05) is 6.54 Å². The molecule has 1 heteroatoms. The van der Waals surface area contributed by atoms with Crippen molar-refractivity contribution in [2.24, 2.45) is 11.7 Å². The predicted molar refractivity (Wildman–Crippen MR) is 88.0 cm³/mol. The zero-order chi connectivity index (χ0) is 14.2. The molecular weight excluding hydrogens is 242 g/mol. The molecule has 0 amide bonds. The lowest BCUT2D eigenvalue weighted by atomic mass is 9.77. The highest BCUT2D eigenvalue weighted by Crippen LogP contribution is 2.37. The molecule has 2 rings (SSSR count). The monoisotopic (exact) mass is 273 g/mol. The molecule has 1 fully saturated rings. The molecule has 20 heavy (non-hydrogen) atoms. The van der Waals surface area contributed by atoms with Crippen LogP contribution in [0, 0.1) is 5.92 Å². The van der Waals surface area contributed by atoms with Crippen LogP contribution in [0.2, 0.25) is 0 Å². The lowest BCUT2D eigenvalue weighted by molar-refractivity contribution is 0.303. The van der Waals surface area contributed by atoms with Crippen molar-refractivity contribution in [3.05, 3.63) is 35.4 Å². The van der Waals surface area contributed by atoms with Crippen molar-refractivity contribution in [3.63, 3.8) is 0 Å². The minimum atomic E-state index is 0.752. The van der Waals surface area contributed by atoms with Gasteiger partial charge in [-0.05, 0) is 61.6 Å². The first kappa shape index (κ1) is 15.6. The van der Waals surface area contributed by atoms with Gasteiger partial charge in [0.15, 0.2) is 0 Å². The fourth-order valence-electron chi connectivity index (χ4n) is 3.59. The molecule has 1 nitrogen and oxygen atoms in total. The summed E-state index contributed by atoms with van der Waals surface area (Å²) in [6, 6.07) is 9.23. The van der Waals surface area contributed by atoms with E-state index in [1.165, 1.54) is 56.9 Å². The van der Waals surface area contributed by atoms with E-state index >= 15 is 0 Å². The number of rotatable bonds is 7. The molecule has 0 aromatic heterocycles. The molecule has 2 N–H and O–H groups in total. The van der Waals surface area contributed by atoms with Gasteiger partial charge in [0.2, 0.25) is 0 Å². The molecule has 0 bridgehead atoms. The van der Waals surface area contributed by atoms with E-state index in [-0.39, 0.29) is 0 Å². The summed E-state index contributed by atoms with van der Waals surface area (Å²) in [6.45, 7) is 3.05. The Balaban J connectivity index is 1.78. The van der Waals surface area contributed by atoms with Crippen molar-refractivity contribution in [2.45, 2.75) is 70.6 Å². The molecule has 1 aromatic rings. The fourth-order valence-corrected chi connectivity index (χ4v) is 3.59. The maximum atomic E-state index is 5.61. The summed E-state index contributed by atoms with van der Waals surface area (Å²) in [5.74, 6) is 1.82. The summed E-state index contributed by atoms with van der Waals surface area (Å²) >= 11 is 0. The number of hydrogen-bond donors (Lipinski definition) is 1. The second kappa shape index (κ2) is 8.46. The normalized spacial score (nSPS) is 22.9. The third-order valence-corrected chi connectivity index (χ3v) is 4.95. The second-order valence-electron chi connectivity index (χ2n) is 6.49. The molecular formula is C19H31N. The quantitative estimate of drug-likeness (QED) is 0.692. The first-order valence-corrected chi connectivity index (χ1v) is 8.62. The first-order chi connectivity index (χ1) is 9.83. The third-order valence-electron chi connectivity index (χ3n) is 4.95. The summed E-state index contributed by atoms with van der Waals surface area (Å²) in [7, 11) is 0. The standard InChI is InChI=1S/C19H31N/c1-2-3-4-5-16-6-10-18(11-7-16)19-12-8-17(9-13-19)14-15-20/h8-9,12-13,16,18H,2-7,10-11,14-15,20H2,1H3. The lowest BCUT2D eigenvalue weighted by Crippen LogP contribution is -2.13. The lowest BCUT2D eigenvalue weighted by Gasteiger charge is -2.29. The molecule has 0 atom stereocenters. The van der Waals surface area contributed by atoms with Crippen LogP contribution < -0.4 is 5.73 Å². The molecule has 0 heterocycles. The predicted octanol–water partition coefficient (Wildman–Crippen LogP) is 5.04. The Morgan fingerprint density at radius 1 is 1.00 bits per heavy atom. The van der Waals surface area contributed by atoms with Gasteiger partial charge in [0, 0.05) is 0 Å². The van der Waals surface area contributed by atoms with E-state index < -0.39 is 0 Å². The second-order valence-corrected chi connectivity index (χ2v) is 6.49. The topological polar surface area (TPSA) is 26.0 Å². The van der Waals surface area contributed by atoms with Crippen molar-refractivity contribution < 1.29 is 0 Å². The van der Waals surface area contributed by atoms with Crippen LogP contribution in [0.1, 0.15) is 75.3 Å². The third kappa shape index (κ3) is 4.63. The molecule has 0 saturated heterocycles. The molecule has 112 valence electrons. The van der Waals surface area contributed by atoms with Gasteiger partial charge < -0.3 is 5.73 Å². The van der Waals surface area contributed by atoms with Gasteiger partial charge in [0.25, 0.3) is 0 Å². The van der Waals surface area contributed by atoms with Gasteiger partial charge in [0.05, 0.1) is 0 Å². The van der Waals surface area contributed by atoms with Gasteiger partial charge in [-0.2, -0.15) is 0 Å². The summed E-state index contributed by atoms with van der Waals surface area (Å²) in [5, 5.41) is 0. The van der Waals surface area contributed by atoms with Gasteiger partial charge in [-0.25, -0.2) is 0 Å². The van der Waals surface area contributed by atoms with E-state index in [9.17, 15) is 0 Å². The summed E-state index contributed by atoms with van der Waals surface area (Å²) < 4.78 is 0. The number of nitrogens with two attached hydrogens (primary N) is 1. The zero-order valence-electron chi connectivity index (χ0n) is 13.1. The van der Waals surface area contributed by atoms with Gasteiger partial charge in [-0.3, -0.25) is 0 Å². The minimum absolute atomic E-state index is 0.752. The smallest absolute Gasteiger partial charge is 0.00367 e. The number of hydrogen-bond acceptors (Lipinski definition) is 1. The van der Waals surface area contributed by atoms with Crippen molar-refractivity contribution in [1.82, 2.24) is 0 Å². The molecule has 0 radical (unpaired) electrons. The van der Waals surface area contributed by atoms with E-state index in [1.807, 2.05) is 0 Å². The van der Waals surface area contributed by atoms with Crippen LogP contribution in [0.3, 0.4) is 0 Å². The van der Waals surface area contributed by atoms with E-state index in [2.05, 4.69) is 31.2 Å². The Bertz CT molecular complexity index is 360. The molecule has 0 unspecified atom stereocenters. The van der Waals surface area contributed by atoms with Crippen molar-refractivity contribution in [1.29, 1.82) is 0 Å². The van der Waals surface area contributed by atoms with E-state index in [1.54, 1.807) is 5.56 Å². The zero-order valence-corrected chi connectivity index (χ0v) is 13.1. The largest absolute Gasteiger partial charge is 0.330 e. The molecule has 1 aliphatic rings. The van der Waals surface area contributed by atoms with Crippen molar-refractivity contribution >= 4 is 0 Å². The summed E-state index contributed by atoms with van der Waals surface area (Å²) in [6.07, 6.45) is 12.4. The molecule has 1 aliphatic carbocycles. The SMILES string of the molecule is CCCCCC1CCC(c2ccc(CCN)cc2)CC1. The Kier molecular flexibility index (Phi) is 6.59. The number of unbranched alkanes of at least 4 members (excludes halogenated alkanes) is 2. The van der Waals surface area contributed by atoms with Crippen molar-refractivity contribution in [3.8, 4) is 0 Å². The Morgan fingerprint density at radius 3 is 2.30 bits per heavy atom. The maximum absolute atomic E-state index is 5.61. The van der Waals surface area contributed by atoms with Crippen LogP contribution in [0.5, 0.6) is 0 Å². The molecule has 0 spiro atoms. The van der Waals surface area contributed by atoms with E-state index in [4.69, 9.17) is 5.73 Å². The van der Waals surface area contributed by atoms with E-state index in [0.717, 1.165) is 24.8 Å². The van der Waals surface area contributed by atoms with Gasteiger partial charge in [0.1, 0.15) is 0 Å². The maximum Gasteiger partial charge on any atom is -0.00367 e. The van der Waals surface area contributed by atoms with Crippen LogP contribution in [0.4, 0.5) is 0 Å². The molecule has 0 aliphatic heterocycles. The summed E-state index contributed by atoms with van der Waals surface area (Å²) in [4.78, 5) is 0. The Morgan fingerprint density at radius 2 is 1.70 bits per heavy atom. The molecule has 1 aromatic carbocycles. The minimum Gasteiger partial charge on any atom is -0.330 e. The van der Waals surface area contributed by atoms with Gasteiger partial charge >= 0.3 is 0 Å². The highest BCUT2D eigenvalue weighted by Gasteiger charge is 2.21. The van der Waals surface area contributed by atoms with Crippen LogP contribution in [0.15, 0.2) is 24.3 Å². The Hall–Kier alpha value is -0.820. The fraction of sp³-hybridized carbons (Fsp3) is 0.684. The van der Waals surface area contributed by atoms with E-state index in [0.29, 0.717) is 0 Å². The summed E-state index contributed by atoms with van der Waals surface area (Å²) in [5.41, 5.74) is 8.54. The molecule has 1 saturated carbocycles. The average molecular weight is 273 g/mol. The van der Waals surface area contributed by atoms with Crippen LogP contribution in [-0.4, -0.2) is 6.54 Å². The van der Waals surface area contributed by atoms with Gasteiger partial charge in [-0.1, -0.05) is 56.9 Å². The highest BCUT2D eigenvalue weighted by molar-refractivity contribution is 5.26. The average Bonchev–Trinajstić information content (AvgIpc) is 2.49. The first-order valence-electron chi connectivity index (χ1n) is 8.62. The highest BCUT2D eigenvalue weighted by atomic mass is 14.5. The van der Waals surface area contributed by atoms with Crippen LogP contribution in [0.25, 0.3) is 0 Å². The van der Waals surface area contributed by atoms with Crippen LogP contribution >= 0.6 is 0 Å². The van der Waals surface area contributed by atoms with Gasteiger partial charge in [-0.15, -0.1) is 0 Å². The number of benzene rings is 1. The Labute approximate surface area is 125 Å². The van der Waals surface area contributed by atoms with Crippen LogP contribution in [-0.2, 0) is 6.42 Å².